The minimum Gasteiger partial charge on any atom is -0.457 e. The molecule has 0 radical (unpaired) electrons. The van der Waals surface area contributed by atoms with E-state index < -0.39 is 58.4 Å². The first-order valence-corrected chi connectivity index (χ1v) is 21.6. The third kappa shape index (κ3) is 33.8. The fourth-order valence-corrected chi connectivity index (χ4v) is 6.36. The molecule has 0 aromatic rings. The molecule has 0 saturated carbocycles. The molecule has 0 spiro atoms. The van der Waals surface area contributed by atoms with Gasteiger partial charge in [0.05, 0.1) is 26.4 Å². The van der Waals surface area contributed by atoms with Crippen LogP contribution in [-0.4, -0.2) is 65.7 Å². The van der Waals surface area contributed by atoms with Crippen molar-refractivity contribution in [3.8, 4) is 0 Å². The summed E-state index contributed by atoms with van der Waals surface area (Å²) in [6.07, 6.45) is 31.8. The molecule has 0 aliphatic heterocycles. The first-order chi connectivity index (χ1) is 24.3. The number of ether oxygens (including phenoxy) is 2. The SMILES string of the molecule is CCCCCCC/C=C\CCCCCCCC(=O)OC(CO)COP(=O)(O)OCC(CO)OC(=O)CCCCCCCCCCCCCCC. The topological polar surface area (TPSA) is 149 Å². The van der Waals surface area contributed by atoms with Gasteiger partial charge in [0.2, 0.25) is 0 Å². The van der Waals surface area contributed by atoms with E-state index in [2.05, 4.69) is 26.0 Å². The maximum atomic E-state index is 12.3. The molecule has 0 bridgehead atoms. The van der Waals surface area contributed by atoms with E-state index in [1.807, 2.05) is 0 Å². The quantitative estimate of drug-likeness (QED) is 0.0242. The van der Waals surface area contributed by atoms with Gasteiger partial charge in [-0.3, -0.25) is 18.6 Å². The van der Waals surface area contributed by atoms with Crippen LogP contribution in [0, 0.1) is 0 Å². The molecule has 0 aliphatic carbocycles. The number of aliphatic hydroxyl groups excluding tert-OH is 2. The smallest absolute Gasteiger partial charge is 0.457 e. The largest absolute Gasteiger partial charge is 0.472 e. The van der Waals surface area contributed by atoms with Gasteiger partial charge >= 0.3 is 19.8 Å². The van der Waals surface area contributed by atoms with Gasteiger partial charge in [-0.2, -0.15) is 0 Å². The molecule has 0 heterocycles. The fraction of sp³-hybridized carbons (Fsp3) is 0.897. The molecule has 3 N–H and O–H groups in total. The Morgan fingerprint density at radius 2 is 0.820 bits per heavy atom. The van der Waals surface area contributed by atoms with E-state index in [1.165, 1.54) is 89.9 Å². The summed E-state index contributed by atoms with van der Waals surface area (Å²) in [5.74, 6) is -1.02. The summed E-state index contributed by atoms with van der Waals surface area (Å²) in [7, 11) is -4.63. The van der Waals surface area contributed by atoms with Gasteiger partial charge in [-0.05, 0) is 38.5 Å². The molecular weight excluding hydrogens is 659 g/mol. The molecule has 0 amide bonds. The Hall–Kier alpha value is -1.29. The molecule has 0 aliphatic rings. The van der Waals surface area contributed by atoms with E-state index in [0.717, 1.165) is 57.8 Å². The van der Waals surface area contributed by atoms with Crippen LogP contribution in [0.4, 0.5) is 0 Å². The number of hydrogen-bond acceptors (Lipinski definition) is 9. The molecule has 0 rings (SSSR count). The summed E-state index contributed by atoms with van der Waals surface area (Å²) in [4.78, 5) is 34.4. The number of unbranched alkanes of at least 4 members (excludes halogenated alkanes) is 22. The number of esters is 2. The van der Waals surface area contributed by atoms with Crippen LogP contribution in [0.1, 0.15) is 187 Å². The number of phosphoric acid groups is 1. The Morgan fingerprint density at radius 1 is 0.520 bits per heavy atom. The van der Waals surface area contributed by atoms with Crippen molar-refractivity contribution in [2.24, 2.45) is 0 Å². The van der Waals surface area contributed by atoms with Crippen LogP contribution in [0.2, 0.25) is 0 Å². The molecule has 50 heavy (non-hydrogen) atoms. The lowest BCUT2D eigenvalue weighted by molar-refractivity contribution is -0.153. The summed E-state index contributed by atoms with van der Waals surface area (Å²) < 4.78 is 32.5. The normalized spacial score (nSPS) is 14.1. The highest BCUT2D eigenvalue weighted by molar-refractivity contribution is 7.47. The van der Waals surface area contributed by atoms with E-state index in [0.29, 0.717) is 12.8 Å². The Bertz CT molecular complexity index is 853. The number of rotatable bonds is 38. The van der Waals surface area contributed by atoms with Crippen LogP contribution in [0.25, 0.3) is 0 Å². The van der Waals surface area contributed by atoms with Crippen molar-refractivity contribution < 1.29 is 47.8 Å². The molecule has 3 atom stereocenters. The highest BCUT2D eigenvalue weighted by atomic mass is 31.2. The summed E-state index contributed by atoms with van der Waals surface area (Å²) in [5, 5.41) is 19.1. The minimum absolute atomic E-state index is 0.185. The van der Waals surface area contributed by atoms with Crippen LogP contribution < -0.4 is 0 Å². The van der Waals surface area contributed by atoms with E-state index >= 15 is 0 Å². The van der Waals surface area contributed by atoms with Gasteiger partial charge in [0.15, 0.2) is 0 Å². The van der Waals surface area contributed by atoms with Crippen molar-refractivity contribution in [1.29, 1.82) is 0 Å². The van der Waals surface area contributed by atoms with Crippen LogP contribution in [0.15, 0.2) is 12.2 Å². The third-order valence-electron chi connectivity index (χ3n) is 8.73. The summed E-state index contributed by atoms with van der Waals surface area (Å²) in [6, 6.07) is 0. The molecular formula is C39H75O10P. The Balaban J connectivity index is 3.96. The second kappa shape index (κ2) is 36.1. The average molecular weight is 735 g/mol. The second-order valence-electron chi connectivity index (χ2n) is 13.6. The monoisotopic (exact) mass is 735 g/mol. The Kier molecular flexibility index (Phi) is 35.2. The van der Waals surface area contributed by atoms with Crippen molar-refractivity contribution in [2.75, 3.05) is 26.4 Å². The standard InChI is InChI=1S/C39H75O10P/c1-3-5-7-9-11-13-15-17-19-21-23-25-27-29-31-39(43)49-37(33-41)35-47-50(44,45)46-34-36(32-40)48-38(42)30-28-26-24-22-20-18-16-14-12-10-8-6-4-2/h15,17,36-37,40-41H,3-14,16,18-35H2,1-2H3,(H,44,45)/b17-15-. The lowest BCUT2D eigenvalue weighted by atomic mass is 10.0. The van der Waals surface area contributed by atoms with E-state index in [-0.39, 0.29) is 12.8 Å². The molecule has 3 unspecified atom stereocenters. The van der Waals surface area contributed by atoms with Gasteiger partial charge in [0.1, 0.15) is 12.2 Å². The number of allylic oxidation sites excluding steroid dienone is 2. The van der Waals surface area contributed by atoms with Gasteiger partial charge in [0.25, 0.3) is 0 Å². The van der Waals surface area contributed by atoms with E-state index in [9.17, 15) is 29.3 Å². The highest BCUT2D eigenvalue weighted by Crippen LogP contribution is 2.43. The molecule has 11 heteroatoms. The molecule has 0 aromatic carbocycles. The summed E-state index contributed by atoms with van der Waals surface area (Å²) in [5.41, 5.74) is 0. The first kappa shape index (κ1) is 48.7. The van der Waals surface area contributed by atoms with Crippen molar-refractivity contribution >= 4 is 19.8 Å². The molecule has 0 aromatic heterocycles. The molecule has 0 saturated heterocycles. The molecule has 296 valence electrons. The van der Waals surface area contributed by atoms with Crippen LogP contribution >= 0.6 is 7.82 Å². The van der Waals surface area contributed by atoms with Crippen LogP contribution in [0.5, 0.6) is 0 Å². The maximum Gasteiger partial charge on any atom is 0.472 e. The first-order valence-electron chi connectivity index (χ1n) is 20.1. The average Bonchev–Trinajstić information content (AvgIpc) is 3.10. The Morgan fingerprint density at radius 3 is 1.14 bits per heavy atom. The van der Waals surface area contributed by atoms with Crippen molar-refractivity contribution in [1.82, 2.24) is 0 Å². The molecule has 10 nitrogen and oxygen atoms in total. The fourth-order valence-electron chi connectivity index (χ4n) is 5.58. The second-order valence-corrected chi connectivity index (χ2v) is 15.1. The predicted molar refractivity (Wildman–Crippen MR) is 201 cm³/mol. The number of carbonyl (C=O) groups excluding carboxylic acids is 2. The third-order valence-corrected chi connectivity index (χ3v) is 9.68. The highest BCUT2D eigenvalue weighted by Gasteiger charge is 2.27. The van der Waals surface area contributed by atoms with Crippen LogP contribution in [0.3, 0.4) is 0 Å². The zero-order valence-corrected chi connectivity index (χ0v) is 32.8. The number of phosphoric ester groups is 1. The van der Waals surface area contributed by atoms with Gasteiger partial charge < -0.3 is 24.6 Å². The number of hydrogen-bond donors (Lipinski definition) is 3. The summed E-state index contributed by atoms with van der Waals surface area (Å²) in [6.45, 7) is 2.19. The minimum atomic E-state index is -4.63. The van der Waals surface area contributed by atoms with Gasteiger partial charge in [-0.15, -0.1) is 0 Å². The maximum absolute atomic E-state index is 12.3. The Labute approximate surface area is 305 Å². The van der Waals surface area contributed by atoms with Crippen LogP contribution in [-0.2, 0) is 32.7 Å². The van der Waals surface area contributed by atoms with Crippen molar-refractivity contribution in [3.05, 3.63) is 12.2 Å². The lowest BCUT2D eigenvalue weighted by Gasteiger charge is -2.20. The van der Waals surface area contributed by atoms with Gasteiger partial charge in [-0.1, -0.05) is 148 Å². The zero-order chi connectivity index (χ0) is 37.0. The number of aliphatic hydroxyl groups is 2. The predicted octanol–water partition coefficient (Wildman–Crippen LogP) is 10.1. The van der Waals surface area contributed by atoms with Gasteiger partial charge in [0, 0.05) is 12.8 Å². The number of carbonyl (C=O) groups is 2. The van der Waals surface area contributed by atoms with Crippen molar-refractivity contribution in [2.45, 2.75) is 199 Å². The van der Waals surface area contributed by atoms with E-state index in [4.69, 9.17) is 18.5 Å². The molecule has 0 fully saturated rings. The zero-order valence-electron chi connectivity index (χ0n) is 31.9. The summed E-state index contributed by atoms with van der Waals surface area (Å²) >= 11 is 0. The van der Waals surface area contributed by atoms with E-state index in [1.54, 1.807) is 0 Å². The lowest BCUT2D eigenvalue weighted by Crippen LogP contribution is -2.28. The van der Waals surface area contributed by atoms with Gasteiger partial charge in [-0.25, -0.2) is 4.57 Å². The van der Waals surface area contributed by atoms with Crippen molar-refractivity contribution in [3.63, 3.8) is 0 Å².